The monoisotopic (exact) mass is 427 g/mol. The second kappa shape index (κ2) is 8.12. The summed E-state index contributed by atoms with van der Waals surface area (Å²) >= 11 is 1.40. The lowest BCUT2D eigenvalue weighted by Gasteiger charge is -2.20. The smallest absolute Gasteiger partial charge is 0.223 e. The van der Waals surface area contributed by atoms with Gasteiger partial charge in [0.15, 0.2) is 19.7 Å². The van der Waals surface area contributed by atoms with Gasteiger partial charge in [-0.3, -0.25) is 4.79 Å². The van der Waals surface area contributed by atoms with E-state index in [-0.39, 0.29) is 35.3 Å². The largest absolute Gasteiger partial charge is 0.342 e. The van der Waals surface area contributed by atoms with Gasteiger partial charge in [-0.05, 0) is 30.0 Å². The maximum absolute atomic E-state index is 12.5. The fourth-order valence-corrected chi connectivity index (χ4v) is 7.37. The number of carbonyl (C=O) groups is 1. The van der Waals surface area contributed by atoms with Crippen LogP contribution in [0, 0.1) is 0 Å². The van der Waals surface area contributed by atoms with Gasteiger partial charge < -0.3 is 4.90 Å². The third kappa shape index (κ3) is 4.77. The molecule has 0 saturated carbocycles. The topological polar surface area (TPSA) is 88.6 Å². The molecule has 1 aliphatic rings. The van der Waals surface area contributed by atoms with Crippen molar-refractivity contribution in [2.24, 2.45) is 0 Å². The molecule has 2 heterocycles. The van der Waals surface area contributed by atoms with Gasteiger partial charge in [-0.25, -0.2) is 16.8 Å². The molecule has 0 N–H and O–H groups in total. The number of hydrogen-bond donors (Lipinski definition) is 0. The summed E-state index contributed by atoms with van der Waals surface area (Å²) in [6, 6.07) is 11.6. The van der Waals surface area contributed by atoms with Crippen molar-refractivity contribution in [3.8, 4) is 0 Å². The first-order valence-electron chi connectivity index (χ1n) is 8.60. The molecule has 1 fully saturated rings. The summed E-state index contributed by atoms with van der Waals surface area (Å²) in [4.78, 5) is 15.0. The van der Waals surface area contributed by atoms with Crippen molar-refractivity contribution in [3.05, 3.63) is 52.7 Å². The van der Waals surface area contributed by atoms with E-state index < -0.39 is 24.9 Å². The highest BCUT2D eigenvalue weighted by Crippen LogP contribution is 2.32. The van der Waals surface area contributed by atoms with Crippen LogP contribution in [0.4, 0.5) is 0 Å². The first-order chi connectivity index (χ1) is 12.8. The minimum atomic E-state index is -3.54. The van der Waals surface area contributed by atoms with Crippen LogP contribution in [0.3, 0.4) is 0 Å². The maximum atomic E-state index is 12.5. The Labute approximate surface area is 163 Å². The van der Waals surface area contributed by atoms with Gasteiger partial charge in [0.1, 0.15) is 0 Å². The summed E-state index contributed by atoms with van der Waals surface area (Å²) in [5.74, 6) is -0.711. The molecule has 1 saturated heterocycles. The summed E-state index contributed by atoms with van der Waals surface area (Å²) in [5.41, 5.74) is 0. The quantitative estimate of drug-likeness (QED) is 0.731. The van der Waals surface area contributed by atoms with Crippen molar-refractivity contribution >= 4 is 36.9 Å². The van der Waals surface area contributed by atoms with Gasteiger partial charge in [0, 0.05) is 24.4 Å². The van der Waals surface area contributed by atoms with Crippen LogP contribution >= 0.6 is 11.3 Å². The zero-order chi connectivity index (χ0) is 19.5. The third-order valence-electron chi connectivity index (χ3n) is 4.64. The van der Waals surface area contributed by atoms with Crippen molar-refractivity contribution in [3.63, 3.8) is 0 Å². The van der Waals surface area contributed by atoms with E-state index in [1.807, 2.05) is 11.4 Å². The molecule has 27 heavy (non-hydrogen) atoms. The highest BCUT2D eigenvalue weighted by molar-refractivity contribution is 7.92. The third-order valence-corrected chi connectivity index (χ3v) is 9.62. The first kappa shape index (κ1) is 20.0. The van der Waals surface area contributed by atoms with E-state index in [1.165, 1.54) is 28.4 Å². The SMILES string of the molecule is O=C(CCS(=O)(=O)c1ccccc1)N1CCC(c2cccs2)S(=O)(=O)CC1. The van der Waals surface area contributed by atoms with Crippen molar-refractivity contribution in [1.82, 2.24) is 4.90 Å². The Morgan fingerprint density at radius 2 is 1.85 bits per heavy atom. The molecule has 1 amide bonds. The average Bonchev–Trinajstić information content (AvgIpc) is 3.12. The molecular weight excluding hydrogens is 406 g/mol. The van der Waals surface area contributed by atoms with Gasteiger partial charge in [-0.2, -0.15) is 0 Å². The van der Waals surface area contributed by atoms with Crippen LogP contribution in [0.2, 0.25) is 0 Å². The van der Waals surface area contributed by atoms with Crippen LogP contribution in [-0.4, -0.2) is 52.2 Å². The van der Waals surface area contributed by atoms with Crippen LogP contribution in [0.15, 0.2) is 52.7 Å². The predicted octanol–water partition coefficient (Wildman–Crippen LogP) is 2.30. The number of nitrogens with zero attached hydrogens (tertiary/aromatic N) is 1. The van der Waals surface area contributed by atoms with Crippen LogP contribution in [-0.2, 0) is 24.5 Å². The molecule has 1 aliphatic heterocycles. The summed E-state index contributed by atoms with van der Waals surface area (Å²) in [7, 11) is -6.87. The number of carbonyl (C=O) groups excluding carboxylic acids is 1. The lowest BCUT2D eigenvalue weighted by atomic mass is 10.2. The number of rotatable bonds is 5. The van der Waals surface area contributed by atoms with E-state index in [0.29, 0.717) is 13.0 Å². The Morgan fingerprint density at radius 3 is 2.52 bits per heavy atom. The summed E-state index contributed by atoms with van der Waals surface area (Å²) < 4.78 is 49.8. The molecule has 1 aromatic carbocycles. The molecule has 0 bridgehead atoms. The van der Waals surface area contributed by atoms with Gasteiger partial charge in [0.05, 0.1) is 21.7 Å². The van der Waals surface area contributed by atoms with E-state index in [1.54, 1.807) is 24.3 Å². The normalized spacial score (nSPS) is 20.1. The maximum Gasteiger partial charge on any atom is 0.223 e. The Hall–Kier alpha value is -1.71. The number of thiophene rings is 1. The highest BCUT2D eigenvalue weighted by atomic mass is 32.2. The molecule has 0 aliphatic carbocycles. The van der Waals surface area contributed by atoms with Crippen molar-refractivity contribution < 1.29 is 21.6 Å². The average molecular weight is 428 g/mol. The minimum Gasteiger partial charge on any atom is -0.342 e. The fourth-order valence-electron chi connectivity index (χ4n) is 3.11. The van der Waals surface area contributed by atoms with Gasteiger partial charge in [-0.1, -0.05) is 24.3 Å². The lowest BCUT2D eigenvalue weighted by Crippen LogP contribution is -2.34. The van der Waals surface area contributed by atoms with Crippen molar-refractivity contribution in [2.45, 2.75) is 23.0 Å². The van der Waals surface area contributed by atoms with Gasteiger partial charge in [0.25, 0.3) is 0 Å². The molecule has 9 heteroatoms. The Balaban J connectivity index is 1.64. The summed E-state index contributed by atoms with van der Waals surface area (Å²) in [5, 5.41) is 1.25. The van der Waals surface area contributed by atoms with Crippen molar-refractivity contribution in [2.75, 3.05) is 24.6 Å². The molecule has 1 aromatic heterocycles. The molecule has 1 atom stereocenters. The molecule has 146 valence electrons. The Kier molecular flexibility index (Phi) is 6.02. The van der Waals surface area contributed by atoms with Crippen LogP contribution in [0.25, 0.3) is 0 Å². The van der Waals surface area contributed by atoms with Gasteiger partial charge in [-0.15, -0.1) is 11.3 Å². The highest BCUT2D eigenvalue weighted by Gasteiger charge is 2.33. The molecule has 6 nitrogen and oxygen atoms in total. The van der Waals surface area contributed by atoms with E-state index in [4.69, 9.17) is 0 Å². The zero-order valence-corrected chi connectivity index (χ0v) is 17.1. The van der Waals surface area contributed by atoms with Crippen molar-refractivity contribution in [1.29, 1.82) is 0 Å². The molecule has 0 spiro atoms. The van der Waals surface area contributed by atoms with E-state index in [2.05, 4.69) is 0 Å². The molecule has 1 unspecified atom stereocenters. The van der Waals surface area contributed by atoms with Crippen LogP contribution in [0.1, 0.15) is 23.0 Å². The van der Waals surface area contributed by atoms with Gasteiger partial charge >= 0.3 is 0 Å². The lowest BCUT2D eigenvalue weighted by molar-refractivity contribution is -0.130. The Morgan fingerprint density at radius 1 is 1.11 bits per heavy atom. The zero-order valence-electron chi connectivity index (χ0n) is 14.7. The number of benzene rings is 1. The van der Waals surface area contributed by atoms with Crippen LogP contribution < -0.4 is 0 Å². The fraction of sp³-hybridized carbons (Fsp3) is 0.389. The molecule has 0 radical (unpaired) electrons. The van der Waals surface area contributed by atoms with Crippen LogP contribution in [0.5, 0.6) is 0 Å². The van der Waals surface area contributed by atoms with E-state index in [9.17, 15) is 21.6 Å². The molecular formula is C18H21NO5S3. The summed E-state index contributed by atoms with van der Waals surface area (Å²) in [6.07, 6.45) is 0.182. The second-order valence-electron chi connectivity index (χ2n) is 6.42. The predicted molar refractivity (Wildman–Crippen MR) is 105 cm³/mol. The Bertz CT molecular complexity index is 983. The second-order valence-corrected chi connectivity index (χ2v) is 11.8. The summed E-state index contributed by atoms with van der Waals surface area (Å²) in [6.45, 7) is 0.417. The standard InChI is InChI=1S/C18H21NO5S3/c20-18(9-13-26(21,22)15-5-2-1-3-6-15)19-10-8-17(16-7-4-12-25-16)27(23,24)14-11-19/h1-7,12,17H,8-11,13-14H2. The number of amides is 1. The van der Waals surface area contributed by atoms with E-state index in [0.717, 1.165) is 4.88 Å². The first-order valence-corrected chi connectivity index (χ1v) is 12.8. The number of hydrogen-bond acceptors (Lipinski definition) is 6. The minimum absolute atomic E-state index is 0.104. The van der Waals surface area contributed by atoms with Gasteiger partial charge in [0.2, 0.25) is 5.91 Å². The molecule has 2 aromatic rings. The molecule has 3 rings (SSSR count). The van der Waals surface area contributed by atoms with E-state index >= 15 is 0 Å². The number of sulfone groups is 2.